The fraction of sp³-hybridized carbons (Fsp3) is 0.184. The number of carbonyl (C=O) groups excluding carboxylic acids is 4. The molecule has 4 aromatic carbocycles. The fourth-order valence-electron chi connectivity index (χ4n) is 5.53. The van der Waals surface area contributed by atoms with Gasteiger partial charge < -0.3 is 25.7 Å². The van der Waals surface area contributed by atoms with Crippen molar-refractivity contribution in [1.82, 2.24) is 31.3 Å². The summed E-state index contributed by atoms with van der Waals surface area (Å²) in [6.07, 6.45) is 2.27. The molecule has 0 bridgehead atoms. The van der Waals surface area contributed by atoms with Crippen LogP contribution in [0.5, 0.6) is 0 Å². The zero-order valence-corrected chi connectivity index (χ0v) is 28.5. The van der Waals surface area contributed by atoms with E-state index in [1.807, 2.05) is 127 Å². The van der Waals surface area contributed by atoms with Gasteiger partial charge in [-0.1, -0.05) is 121 Å². The van der Waals surface area contributed by atoms with Crippen LogP contribution in [0.15, 0.2) is 134 Å². The molecule has 1 heterocycles. The quantitative estimate of drug-likeness (QED) is 0.0390. The van der Waals surface area contributed by atoms with Gasteiger partial charge in [0.2, 0.25) is 11.8 Å². The first kappa shape index (κ1) is 36.4. The third-order valence-electron chi connectivity index (χ3n) is 8.02. The number of nitrogens with zero attached hydrogens (tertiary/aromatic N) is 1. The molecule has 0 aliphatic carbocycles. The number of carbonyl (C=O) groups is 4. The van der Waals surface area contributed by atoms with Gasteiger partial charge in [-0.05, 0) is 22.3 Å². The van der Waals surface area contributed by atoms with Crippen molar-refractivity contribution in [3.63, 3.8) is 0 Å². The van der Waals surface area contributed by atoms with Crippen molar-refractivity contribution in [2.24, 2.45) is 5.84 Å². The first-order valence-electron chi connectivity index (χ1n) is 16.2. The van der Waals surface area contributed by atoms with Crippen molar-refractivity contribution >= 4 is 35.6 Å². The lowest BCUT2D eigenvalue weighted by atomic mass is 9.84. The minimum atomic E-state index is -1.13. The van der Waals surface area contributed by atoms with E-state index < -0.39 is 47.2 Å². The van der Waals surface area contributed by atoms with Gasteiger partial charge >= 0.3 is 6.09 Å². The van der Waals surface area contributed by atoms with E-state index in [9.17, 15) is 19.2 Å². The van der Waals surface area contributed by atoms with Crippen LogP contribution in [-0.2, 0) is 36.9 Å². The van der Waals surface area contributed by atoms with E-state index in [1.54, 1.807) is 0 Å². The lowest BCUT2D eigenvalue weighted by Gasteiger charge is -2.36. The van der Waals surface area contributed by atoms with E-state index >= 15 is 0 Å². The first-order chi connectivity index (χ1) is 24.9. The Kier molecular flexibility index (Phi) is 13.0. The molecule has 0 fully saturated rings. The van der Waals surface area contributed by atoms with Gasteiger partial charge in [0.1, 0.15) is 18.7 Å². The van der Waals surface area contributed by atoms with Gasteiger partial charge in [-0.3, -0.25) is 19.8 Å². The molecule has 0 saturated heterocycles. The number of aromatic nitrogens is 2. The molecule has 0 unspecified atom stereocenters. The average molecular weight is 706 g/mol. The summed E-state index contributed by atoms with van der Waals surface area (Å²) < 4.78 is 4.69. The van der Waals surface area contributed by atoms with Crippen LogP contribution in [0.4, 0.5) is 4.79 Å². The standard InChI is InChI=1S/C38H39N7O5S/c39-45-36(48)32(21-31-22-40-26-42-31)43-34(46)23-41-35(47)33(44-37(49)50-24-27-13-5-1-6-14-27)25-51-38(28-15-7-2-8-16-28,29-17-9-3-10-18-29)30-19-11-4-12-20-30/h1-20,22,26,32-33H,21,23-25,39H2,(H,40,42)(H,41,47)(H,43,46)(H,44,49)(H,45,48)/t32-,33-/m1/s1. The molecule has 51 heavy (non-hydrogen) atoms. The molecule has 0 saturated carbocycles. The highest BCUT2D eigenvalue weighted by Gasteiger charge is 2.38. The number of imidazole rings is 1. The third kappa shape index (κ3) is 9.84. The zero-order chi connectivity index (χ0) is 35.9. The van der Waals surface area contributed by atoms with Gasteiger partial charge in [-0.15, -0.1) is 11.8 Å². The maximum atomic E-state index is 13.8. The van der Waals surface area contributed by atoms with Crippen LogP contribution in [0.25, 0.3) is 0 Å². The summed E-state index contributed by atoms with van der Waals surface area (Å²) in [5.41, 5.74) is 6.34. The monoisotopic (exact) mass is 705 g/mol. The van der Waals surface area contributed by atoms with E-state index in [-0.39, 0.29) is 18.8 Å². The Hall–Kier alpha value is -5.92. The second-order valence-corrected chi connectivity index (χ2v) is 12.7. The highest BCUT2D eigenvalue weighted by atomic mass is 32.2. The number of alkyl carbamates (subject to hydrolysis) is 1. The second-order valence-electron chi connectivity index (χ2n) is 11.5. The number of benzene rings is 4. The van der Waals surface area contributed by atoms with Crippen LogP contribution in [0, 0.1) is 0 Å². The summed E-state index contributed by atoms with van der Waals surface area (Å²) >= 11 is 1.47. The Bertz CT molecular complexity index is 1750. The molecule has 0 aliphatic rings. The van der Waals surface area contributed by atoms with Crippen LogP contribution in [-0.4, -0.2) is 58.2 Å². The number of nitrogens with two attached hydrogens (primary N) is 1. The highest BCUT2D eigenvalue weighted by molar-refractivity contribution is 8.00. The Morgan fingerprint density at radius 2 is 1.29 bits per heavy atom. The normalized spacial score (nSPS) is 12.2. The number of H-pyrrole nitrogens is 1. The molecule has 5 aromatic rings. The number of hydrogen-bond donors (Lipinski definition) is 6. The molecule has 7 N–H and O–H groups in total. The predicted octanol–water partition coefficient (Wildman–Crippen LogP) is 3.56. The summed E-state index contributed by atoms with van der Waals surface area (Å²) in [4.78, 5) is 59.2. The van der Waals surface area contributed by atoms with E-state index in [4.69, 9.17) is 10.6 Å². The van der Waals surface area contributed by atoms with Crippen LogP contribution in [0.3, 0.4) is 0 Å². The van der Waals surface area contributed by atoms with Gasteiger partial charge in [0.05, 0.1) is 17.6 Å². The molecular formula is C38H39N7O5S. The van der Waals surface area contributed by atoms with Crippen molar-refractivity contribution in [3.05, 3.63) is 162 Å². The van der Waals surface area contributed by atoms with Crippen molar-refractivity contribution in [2.45, 2.75) is 29.9 Å². The van der Waals surface area contributed by atoms with Gasteiger partial charge in [-0.2, -0.15) is 0 Å². The lowest BCUT2D eigenvalue weighted by molar-refractivity contribution is -0.130. The summed E-state index contributed by atoms with van der Waals surface area (Å²) in [6, 6.07) is 36.8. The number of nitrogens with one attached hydrogen (secondary N) is 5. The van der Waals surface area contributed by atoms with Crippen molar-refractivity contribution in [1.29, 1.82) is 0 Å². The van der Waals surface area contributed by atoms with Crippen molar-refractivity contribution in [3.8, 4) is 0 Å². The smallest absolute Gasteiger partial charge is 0.408 e. The first-order valence-corrected chi connectivity index (χ1v) is 17.2. The maximum Gasteiger partial charge on any atom is 0.408 e. The molecule has 4 amide bonds. The second kappa shape index (κ2) is 18.2. The summed E-state index contributed by atoms with van der Waals surface area (Å²) in [6.45, 7) is -0.473. The van der Waals surface area contributed by atoms with E-state index in [0.29, 0.717) is 5.69 Å². The number of thioether (sulfide) groups is 1. The summed E-state index contributed by atoms with van der Waals surface area (Å²) in [5.74, 6) is 3.55. The Morgan fingerprint density at radius 1 is 0.745 bits per heavy atom. The van der Waals surface area contributed by atoms with Crippen LogP contribution < -0.4 is 27.2 Å². The molecule has 262 valence electrons. The van der Waals surface area contributed by atoms with Crippen LogP contribution in [0.2, 0.25) is 0 Å². The van der Waals surface area contributed by atoms with Crippen molar-refractivity contribution < 1.29 is 23.9 Å². The largest absolute Gasteiger partial charge is 0.445 e. The molecule has 12 nitrogen and oxygen atoms in total. The SMILES string of the molecule is NNC(=O)[C@@H](Cc1cnc[nH]1)NC(=O)CNC(=O)[C@@H](CSC(c1ccccc1)(c1ccccc1)c1ccccc1)NC(=O)OCc1ccccc1. The van der Waals surface area contributed by atoms with E-state index in [0.717, 1.165) is 22.3 Å². The van der Waals surface area contributed by atoms with E-state index in [1.165, 1.54) is 24.3 Å². The van der Waals surface area contributed by atoms with Crippen LogP contribution >= 0.6 is 11.8 Å². The lowest BCUT2D eigenvalue weighted by Crippen LogP contribution is -2.54. The van der Waals surface area contributed by atoms with Gasteiger partial charge in [-0.25, -0.2) is 15.6 Å². The minimum Gasteiger partial charge on any atom is -0.445 e. The third-order valence-corrected chi connectivity index (χ3v) is 9.66. The fourth-order valence-corrected chi connectivity index (χ4v) is 7.09. The zero-order valence-electron chi connectivity index (χ0n) is 27.7. The number of hydrogen-bond acceptors (Lipinski definition) is 8. The Labute approximate surface area is 299 Å². The molecule has 0 aliphatic heterocycles. The number of rotatable bonds is 16. The Morgan fingerprint density at radius 3 is 1.80 bits per heavy atom. The molecule has 2 atom stereocenters. The highest BCUT2D eigenvalue weighted by Crippen LogP contribution is 2.48. The summed E-state index contributed by atoms with van der Waals surface area (Å²) in [7, 11) is 0. The molecule has 5 rings (SSSR count). The molecule has 13 heteroatoms. The molecule has 0 spiro atoms. The molecule has 0 radical (unpaired) electrons. The van der Waals surface area contributed by atoms with Gasteiger partial charge in [0, 0.05) is 24.1 Å². The average Bonchev–Trinajstić information content (AvgIpc) is 3.70. The number of ether oxygens (including phenoxy) is 1. The molecule has 1 aromatic heterocycles. The predicted molar refractivity (Wildman–Crippen MR) is 195 cm³/mol. The number of hydrazine groups is 1. The number of aromatic amines is 1. The minimum absolute atomic E-state index is 0.000524. The topological polar surface area (TPSA) is 180 Å². The van der Waals surface area contributed by atoms with Crippen molar-refractivity contribution in [2.75, 3.05) is 12.3 Å². The maximum absolute atomic E-state index is 13.8. The van der Waals surface area contributed by atoms with Gasteiger partial charge in [0.15, 0.2) is 0 Å². The number of amides is 4. The summed E-state index contributed by atoms with van der Waals surface area (Å²) in [5, 5.41) is 7.93. The van der Waals surface area contributed by atoms with E-state index in [2.05, 4.69) is 25.9 Å². The van der Waals surface area contributed by atoms with Gasteiger partial charge in [0.25, 0.3) is 5.91 Å². The Balaban J connectivity index is 1.38. The van der Waals surface area contributed by atoms with Crippen LogP contribution in [0.1, 0.15) is 27.9 Å². The molecular weight excluding hydrogens is 667 g/mol.